The Morgan fingerprint density at radius 3 is 1.62 bits per heavy atom. The lowest BCUT2D eigenvalue weighted by atomic mass is 10.0. The van der Waals surface area contributed by atoms with Gasteiger partial charge in [-0.15, -0.1) is 0 Å². The van der Waals surface area contributed by atoms with E-state index in [-0.39, 0.29) is 0 Å². The molecular formula is C6H13BP+. The summed E-state index contributed by atoms with van der Waals surface area (Å²) in [6.45, 7) is 6.96. The molecule has 2 heteroatoms. The highest BCUT2D eigenvalue weighted by Gasteiger charge is 2.52. The van der Waals surface area contributed by atoms with Gasteiger partial charge < -0.3 is 0 Å². The third kappa shape index (κ3) is 0.933. The fraction of sp³-hybridized carbons (Fsp3) is 1.00. The summed E-state index contributed by atoms with van der Waals surface area (Å²) in [5, 5.41) is 0.299. The molecule has 0 bridgehead atoms. The lowest BCUT2D eigenvalue weighted by Crippen LogP contribution is -2.11. The SMILES string of the molecule is [B]C1([P+](C)(C)C)CC1. The molecule has 1 saturated carbocycles. The molecule has 0 spiro atoms. The highest BCUT2D eigenvalue weighted by atomic mass is 31.2. The Kier molecular flexibility index (Phi) is 1.24. The molecule has 1 rings (SSSR count). The van der Waals surface area contributed by atoms with Crippen LogP contribution in [0.4, 0.5) is 0 Å². The first-order valence-corrected chi connectivity index (χ1v) is 6.19. The van der Waals surface area contributed by atoms with Crippen LogP contribution >= 0.6 is 7.26 Å². The van der Waals surface area contributed by atoms with E-state index in [1.54, 1.807) is 0 Å². The molecule has 1 aliphatic carbocycles. The monoisotopic (exact) mass is 127 g/mol. The zero-order valence-corrected chi connectivity index (χ0v) is 6.83. The van der Waals surface area contributed by atoms with Gasteiger partial charge in [0.2, 0.25) is 0 Å². The molecule has 44 valence electrons. The third-order valence-electron chi connectivity index (χ3n) is 2.10. The molecule has 8 heavy (non-hydrogen) atoms. The van der Waals surface area contributed by atoms with Crippen molar-refractivity contribution in [2.24, 2.45) is 0 Å². The van der Waals surface area contributed by atoms with Gasteiger partial charge in [-0.3, -0.25) is 0 Å². The van der Waals surface area contributed by atoms with Crippen molar-refractivity contribution in [2.75, 3.05) is 20.0 Å². The fourth-order valence-corrected chi connectivity index (χ4v) is 2.25. The number of rotatable bonds is 1. The molecule has 0 unspecified atom stereocenters. The first-order valence-electron chi connectivity index (χ1n) is 3.06. The van der Waals surface area contributed by atoms with Crippen LogP contribution in [0.2, 0.25) is 0 Å². The molecule has 0 aromatic heterocycles. The van der Waals surface area contributed by atoms with Crippen LogP contribution in [0, 0.1) is 0 Å². The first kappa shape index (κ1) is 6.61. The molecule has 0 aromatic carbocycles. The Hall–Kier alpha value is 0.495. The van der Waals surface area contributed by atoms with Crippen LogP contribution < -0.4 is 0 Å². The first-order chi connectivity index (χ1) is 3.46. The van der Waals surface area contributed by atoms with Crippen LogP contribution in [0.15, 0.2) is 0 Å². The molecule has 2 radical (unpaired) electrons. The smallest absolute Gasteiger partial charge is 0.0197 e. The van der Waals surface area contributed by atoms with Crippen molar-refractivity contribution < 1.29 is 0 Å². The highest BCUT2D eigenvalue weighted by Crippen LogP contribution is 2.69. The molecular weight excluding hydrogens is 114 g/mol. The van der Waals surface area contributed by atoms with Crippen molar-refractivity contribution in [2.45, 2.75) is 17.9 Å². The summed E-state index contributed by atoms with van der Waals surface area (Å²) < 4.78 is 0. The predicted octanol–water partition coefficient (Wildman–Crippen LogP) is 1.55. The lowest BCUT2D eigenvalue weighted by Gasteiger charge is -2.19. The Bertz CT molecular complexity index is 96.3. The van der Waals surface area contributed by atoms with Gasteiger partial charge in [-0.05, 0) is 12.8 Å². The zero-order chi connectivity index (χ0) is 6.41. The minimum Gasteiger partial charge on any atom is -0.0197 e. The summed E-state index contributed by atoms with van der Waals surface area (Å²) >= 11 is 0. The molecule has 0 heterocycles. The summed E-state index contributed by atoms with van der Waals surface area (Å²) in [5.41, 5.74) is 0. The Balaban J connectivity index is 2.58. The average molecular weight is 127 g/mol. The molecule has 0 amide bonds. The predicted molar refractivity (Wildman–Crippen MR) is 42.4 cm³/mol. The second-order valence-electron chi connectivity index (χ2n) is 3.62. The van der Waals surface area contributed by atoms with Crippen LogP contribution in [0.1, 0.15) is 12.8 Å². The molecule has 1 fully saturated rings. The van der Waals surface area contributed by atoms with E-state index in [1.165, 1.54) is 12.8 Å². The van der Waals surface area contributed by atoms with Crippen LogP contribution in [0.25, 0.3) is 0 Å². The van der Waals surface area contributed by atoms with Crippen LogP contribution in [0.3, 0.4) is 0 Å². The van der Waals surface area contributed by atoms with Gasteiger partial charge in [-0.2, -0.15) is 0 Å². The van der Waals surface area contributed by atoms with E-state index >= 15 is 0 Å². The largest absolute Gasteiger partial charge is 0.131 e. The third-order valence-corrected chi connectivity index (χ3v) is 5.22. The van der Waals surface area contributed by atoms with E-state index in [0.717, 1.165) is 0 Å². The Morgan fingerprint density at radius 1 is 1.25 bits per heavy atom. The highest BCUT2D eigenvalue weighted by molar-refractivity contribution is 7.77. The molecule has 0 saturated heterocycles. The van der Waals surface area contributed by atoms with Crippen molar-refractivity contribution in [1.82, 2.24) is 0 Å². The number of hydrogen-bond donors (Lipinski definition) is 0. The minimum atomic E-state index is -0.711. The van der Waals surface area contributed by atoms with Gasteiger partial charge in [0.05, 0.1) is 0 Å². The number of hydrogen-bond acceptors (Lipinski definition) is 0. The summed E-state index contributed by atoms with van der Waals surface area (Å²) in [6, 6.07) is 0. The summed E-state index contributed by atoms with van der Waals surface area (Å²) in [4.78, 5) is 0. The van der Waals surface area contributed by atoms with Crippen molar-refractivity contribution in [1.29, 1.82) is 0 Å². The second-order valence-corrected chi connectivity index (χ2v) is 8.53. The van der Waals surface area contributed by atoms with E-state index in [0.29, 0.717) is 5.06 Å². The van der Waals surface area contributed by atoms with Gasteiger partial charge in [-0.1, -0.05) is 0 Å². The molecule has 0 atom stereocenters. The van der Waals surface area contributed by atoms with Gasteiger partial charge in [0.25, 0.3) is 0 Å². The molecule has 0 aliphatic heterocycles. The van der Waals surface area contributed by atoms with Crippen molar-refractivity contribution in [3.8, 4) is 0 Å². The van der Waals surface area contributed by atoms with E-state index in [2.05, 4.69) is 20.0 Å². The summed E-state index contributed by atoms with van der Waals surface area (Å²) in [7, 11) is 5.26. The van der Waals surface area contributed by atoms with Gasteiger partial charge in [0.1, 0.15) is 7.85 Å². The van der Waals surface area contributed by atoms with E-state index < -0.39 is 7.26 Å². The van der Waals surface area contributed by atoms with Crippen LogP contribution in [0.5, 0.6) is 0 Å². The van der Waals surface area contributed by atoms with E-state index in [1.807, 2.05) is 0 Å². The van der Waals surface area contributed by atoms with Crippen LogP contribution in [-0.2, 0) is 0 Å². The van der Waals surface area contributed by atoms with Crippen molar-refractivity contribution in [3.05, 3.63) is 0 Å². The Morgan fingerprint density at radius 2 is 1.62 bits per heavy atom. The maximum absolute atomic E-state index is 5.97. The van der Waals surface area contributed by atoms with E-state index in [9.17, 15) is 0 Å². The molecule has 0 nitrogen and oxygen atoms in total. The van der Waals surface area contributed by atoms with Gasteiger partial charge in [-0.25, -0.2) is 0 Å². The average Bonchev–Trinajstić information content (AvgIpc) is 2.16. The maximum atomic E-state index is 5.97. The maximum Gasteiger partial charge on any atom is 0.131 e. The van der Waals surface area contributed by atoms with Gasteiger partial charge >= 0.3 is 0 Å². The molecule has 0 aromatic rings. The second kappa shape index (κ2) is 1.50. The fourth-order valence-electron chi connectivity index (χ4n) is 0.799. The normalized spacial score (nSPS) is 25.4. The zero-order valence-electron chi connectivity index (χ0n) is 5.94. The molecule has 0 N–H and O–H groups in total. The molecule has 1 aliphatic rings. The van der Waals surface area contributed by atoms with Crippen LogP contribution in [-0.4, -0.2) is 32.9 Å². The van der Waals surface area contributed by atoms with Gasteiger partial charge in [0.15, 0.2) is 0 Å². The standard InChI is InChI=1S/C6H13BP/c1-8(2,3)6(7)4-5-6/h4-5H2,1-3H3/q+1. The summed E-state index contributed by atoms with van der Waals surface area (Å²) in [5.74, 6) is 0. The Labute approximate surface area is 53.8 Å². The van der Waals surface area contributed by atoms with Crippen molar-refractivity contribution in [3.63, 3.8) is 0 Å². The van der Waals surface area contributed by atoms with E-state index in [4.69, 9.17) is 7.85 Å². The van der Waals surface area contributed by atoms with Crippen molar-refractivity contribution >= 4 is 15.1 Å². The topological polar surface area (TPSA) is 0 Å². The quantitative estimate of drug-likeness (QED) is 0.370. The summed E-state index contributed by atoms with van der Waals surface area (Å²) in [6.07, 6.45) is 2.54. The minimum absolute atomic E-state index is 0.299. The lowest BCUT2D eigenvalue weighted by molar-refractivity contribution is 1.31. The van der Waals surface area contributed by atoms with Gasteiger partial charge in [0, 0.05) is 32.3 Å².